The predicted octanol–water partition coefficient (Wildman–Crippen LogP) is 19.8. The lowest BCUT2D eigenvalue weighted by Gasteiger charge is -2.40. The number of hydrogen-bond donors (Lipinski definition) is 0. The van der Waals surface area contributed by atoms with Crippen LogP contribution in [-0.2, 0) is 0 Å². The summed E-state index contributed by atoms with van der Waals surface area (Å²) >= 11 is 2.61. The average Bonchev–Trinajstić information content (AvgIpc) is 3.71. The zero-order valence-electron chi connectivity index (χ0n) is 50.5. The van der Waals surface area contributed by atoms with E-state index in [4.69, 9.17) is 0 Å². The Morgan fingerprint density at radius 3 is 0.537 bits per heavy atom. The van der Waals surface area contributed by atoms with Crippen LogP contribution >= 0.6 is 11.3 Å². The molecule has 392 valence electrons. The maximum atomic E-state index is 2.98. The summed E-state index contributed by atoms with van der Waals surface area (Å²) in [6, 6.07) is 44.5. The van der Waals surface area contributed by atoms with Crippen molar-refractivity contribution in [3.8, 4) is 0 Å². The minimum absolute atomic E-state index is 0.160. The average molecular weight is 1170 g/mol. The normalized spacial score (nSPS) is 14.4. The van der Waals surface area contributed by atoms with E-state index in [1.165, 1.54) is 0 Å². The smallest absolute Gasteiger partial charge is 0.0986 e. The van der Waals surface area contributed by atoms with E-state index in [1.807, 2.05) is 0 Å². The molecule has 0 amide bonds. The fourth-order valence-corrected chi connectivity index (χ4v) is 76.5. The van der Waals surface area contributed by atoms with Crippen molar-refractivity contribution in [2.45, 2.75) is 302 Å². The van der Waals surface area contributed by atoms with E-state index in [0.717, 1.165) is 0 Å². The summed E-state index contributed by atoms with van der Waals surface area (Å²) in [5.41, 5.74) is 0. The maximum Gasteiger partial charge on any atom is 0.0986 e. The highest BCUT2D eigenvalue weighted by atomic mass is 32.1. The number of thiophene rings is 1. The second-order valence-electron chi connectivity index (χ2n) is 30.0. The van der Waals surface area contributed by atoms with Gasteiger partial charge in [0.05, 0.1) is 16.1 Å². The van der Waals surface area contributed by atoms with Gasteiger partial charge < -0.3 is 0 Å². The Hall–Kier alpha value is 2.74. The van der Waals surface area contributed by atoms with Crippen molar-refractivity contribution in [2.75, 3.05) is 0 Å². The van der Waals surface area contributed by atoms with Gasteiger partial charge in [0, 0.05) is 101 Å². The summed E-state index contributed by atoms with van der Waals surface area (Å²) < 4.78 is 4.14. The molecule has 0 fully saturated rings. The Morgan fingerprint density at radius 1 is 0.254 bits per heavy atom. The zero-order valence-corrected chi connectivity index (χ0v) is 65.4. The summed E-state index contributed by atoms with van der Waals surface area (Å²) in [4.78, 5) is 0. The van der Waals surface area contributed by atoms with Gasteiger partial charge in [0.1, 0.15) is 0 Å². The lowest BCUT2D eigenvalue weighted by atomic mass is 10.7. The van der Waals surface area contributed by atoms with Gasteiger partial charge in [0.2, 0.25) is 0 Å². The van der Waals surface area contributed by atoms with Gasteiger partial charge in [0.15, 0.2) is 0 Å². The van der Waals surface area contributed by atoms with Crippen LogP contribution in [0.15, 0.2) is 12.1 Å². The Labute approximate surface area is 448 Å². The molecule has 0 aromatic carbocycles. The van der Waals surface area contributed by atoms with Crippen molar-refractivity contribution in [1.29, 1.82) is 0 Å². The summed E-state index contributed by atoms with van der Waals surface area (Å²) in [5.74, 6) is 0. The Morgan fingerprint density at radius 2 is 0.403 bits per heavy atom. The molecule has 0 aliphatic carbocycles. The Bertz CT molecular complexity index is 1240. The monoisotopic (exact) mass is 1170 g/mol. The minimum Gasteiger partial charge on any atom is -0.155 e. The van der Waals surface area contributed by atoms with Crippen LogP contribution in [-0.4, -0.2) is 117 Å². The maximum absolute atomic E-state index is 2.98. The molecule has 1 heterocycles. The topological polar surface area (TPSA) is 0 Å². The van der Waals surface area contributed by atoms with Gasteiger partial charge in [0.25, 0.3) is 0 Å². The summed E-state index contributed by atoms with van der Waals surface area (Å²) in [7, 11) is -12.2. The summed E-state index contributed by atoms with van der Waals surface area (Å²) in [5, 5.41) is 0. The predicted molar refractivity (Wildman–Crippen MR) is 360 cm³/mol. The van der Waals surface area contributed by atoms with E-state index in [0.29, 0.717) is 0 Å². The van der Waals surface area contributed by atoms with E-state index in [2.05, 4.69) is 190 Å². The van der Waals surface area contributed by atoms with Crippen LogP contribution in [0.3, 0.4) is 0 Å². The third kappa shape index (κ3) is 29.6. The van der Waals surface area contributed by atoms with Crippen molar-refractivity contribution < 1.29 is 0 Å². The van der Waals surface area contributed by atoms with Gasteiger partial charge in [-0.1, -0.05) is 314 Å². The Kier molecular flexibility index (Phi) is 30.8. The molecule has 0 unspecified atom stereocenters. The first-order valence-corrected chi connectivity index (χ1v) is 71.1. The largest absolute Gasteiger partial charge is 0.155 e. The third-order valence-electron chi connectivity index (χ3n) is 17.1. The molecule has 0 nitrogen and oxygen atoms in total. The number of hydrogen-bond acceptors (Lipinski definition) is 1. The standard InChI is InChI=1S/C52H122SSi14/c1-54(2)27-33-60(13,14)39-45-66(46-40-61(15,16)34-28-55(3)4,47-41-62(17,18)35-29-56(5)6)51-25-26-52(53-51)67(48-42-63(19,20)36-30-57(7)8,49-43-64(21,22)37-31-58(9)10)50-44-65(23,24)38-32-59(11)12/h25-26H,27-50H2,1-24H3. The lowest BCUT2D eigenvalue weighted by molar-refractivity contribution is 1.10. The molecule has 0 atom stereocenters. The van der Waals surface area contributed by atoms with E-state index in [1.54, 1.807) is 145 Å². The van der Waals surface area contributed by atoms with E-state index in [9.17, 15) is 0 Å². The molecule has 0 aliphatic heterocycles. The molecule has 0 saturated heterocycles. The molecule has 1 aromatic heterocycles. The van der Waals surface area contributed by atoms with Gasteiger partial charge in [-0.25, -0.2) is 0 Å². The number of rotatable bonds is 38. The van der Waals surface area contributed by atoms with Crippen LogP contribution in [0.25, 0.3) is 0 Å². The fraction of sp³-hybridized carbons (Fsp3) is 0.923. The van der Waals surface area contributed by atoms with Crippen LogP contribution in [0.1, 0.15) is 0 Å². The molecule has 67 heavy (non-hydrogen) atoms. The van der Waals surface area contributed by atoms with Crippen LogP contribution in [0.4, 0.5) is 0 Å². The molecule has 0 bridgehead atoms. The van der Waals surface area contributed by atoms with Crippen molar-refractivity contribution in [2.24, 2.45) is 0 Å². The molecule has 15 heteroatoms. The quantitative estimate of drug-likeness (QED) is 0.0579. The minimum atomic E-state index is -1.78. The SMILES string of the molecule is C[Si](C)CC[Si](C)(C)CC[Si](CC[Si](C)(C)CC[Si](C)C)(CC[Si](C)(C)CC[Si](C)C)c1ccc([Si](CC[Si](C)(C)CC[Si](C)C)(CC[Si](C)(C)CC[Si](C)C)CC[Si](C)(C)CC[Si](C)C)s1. The zero-order chi connectivity index (χ0) is 51.7. The Balaban J connectivity index is 4.30. The molecular weight excluding hydrogens is 1050 g/mol. The van der Waals surface area contributed by atoms with Gasteiger partial charge in [-0.15, -0.1) is 0 Å². The van der Waals surface area contributed by atoms with Crippen molar-refractivity contribution in [3.63, 3.8) is 0 Å². The molecule has 1 aromatic rings. The van der Waals surface area contributed by atoms with Gasteiger partial charge >= 0.3 is 0 Å². The van der Waals surface area contributed by atoms with E-state index in [-0.39, 0.29) is 52.8 Å². The summed E-state index contributed by atoms with van der Waals surface area (Å²) in [6.45, 7) is 65.2. The van der Waals surface area contributed by atoms with Gasteiger partial charge in [-0.2, -0.15) is 11.3 Å². The van der Waals surface area contributed by atoms with E-state index < -0.39 is 64.6 Å². The van der Waals surface area contributed by atoms with Crippen molar-refractivity contribution in [3.05, 3.63) is 12.1 Å². The van der Waals surface area contributed by atoms with Gasteiger partial charge in [-0.05, 0) is 9.00 Å². The molecular formula is C52H122SSi14. The third-order valence-corrected chi connectivity index (χ3v) is 63.5. The molecule has 0 spiro atoms. The first-order chi connectivity index (χ1) is 30.5. The summed E-state index contributed by atoms with van der Waals surface area (Å²) in [6.07, 6.45) is 0. The first kappa shape index (κ1) is 67.8. The highest BCUT2D eigenvalue weighted by molar-refractivity contribution is 7.36. The van der Waals surface area contributed by atoms with Crippen LogP contribution < -0.4 is 9.00 Å². The van der Waals surface area contributed by atoms with Crippen molar-refractivity contribution >= 4 is 138 Å². The molecule has 0 N–H and O–H groups in total. The lowest BCUT2D eigenvalue weighted by Crippen LogP contribution is -2.52. The molecule has 0 saturated carbocycles. The second kappa shape index (κ2) is 30.5. The molecule has 1 rings (SSSR count). The van der Waals surface area contributed by atoms with Crippen LogP contribution in [0.5, 0.6) is 0 Å². The highest BCUT2D eigenvalue weighted by Gasteiger charge is 2.45. The van der Waals surface area contributed by atoms with Crippen molar-refractivity contribution in [1.82, 2.24) is 0 Å². The fourth-order valence-electron chi connectivity index (χ4n) is 10.1. The van der Waals surface area contributed by atoms with Gasteiger partial charge in [-0.3, -0.25) is 0 Å². The molecule has 6 radical (unpaired) electrons. The molecule has 0 aliphatic rings. The van der Waals surface area contributed by atoms with Crippen LogP contribution in [0.2, 0.25) is 302 Å². The second-order valence-corrected chi connectivity index (χ2v) is 90.4. The van der Waals surface area contributed by atoms with E-state index >= 15 is 0 Å². The van der Waals surface area contributed by atoms with Crippen LogP contribution in [0, 0.1) is 0 Å². The first-order valence-electron chi connectivity index (χ1n) is 28.3. The highest BCUT2D eigenvalue weighted by Crippen LogP contribution is 2.41.